The van der Waals surface area contributed by atoms with Gasteiger partial charge in [0.2, 0.25) is 11.9 Å². The van der Waals surface area contributed by atoms with Gasteiger partial charge in [0.1, 0.15) is 0 Å². The van der Waals surface area contributed by atoms with Gasteiger partial charge in [-0.05, 0) is 33.1 Å². The third kappa shape index (κ3) is 5.78. The molecular weight excluding hydrogens is 382 g/mol. The number of anilines is 1. The van der Waals surface area contributed by atoms with Gasteiger partial charge in [0, 0.05) is 52.4 Å². The maximum atomic E-state index is 12.9. The van der Waals surface area contributed by atoms with Crippen molar-refractivity contribution in [3.63, 3.8) is 0 Å². The van der Waals surface area contributed by atoms with Crippen LogP contribution in [0.4, 0.5) is 5.95 Å². The van der Waals surface area contributed by atoms with E-state index in [4.69, 9.17) is 16.3 Å². The minimum absolute atomic E-state index is 0.0482. The van der Waals surface area contributed by atoms with Crippen LogP contribution in [0.15, 0.2) is 6.20 Å². The van der Waals surface area contributed by atoms with E-state index in [1.165, 1.54) is 6.20 Å². The van der Waals surface area contributed by atoms with Gasteiger partial charge in [0.25, 0.3) is 5.91 Å². The summed E-state index contributed by atoms with van der Waals surface area (Å²) in [7, 11) is 1.64. The number of methoxy groups -OCH3 is 1. The van der Waals surface area contributed by atoms with Crippen LogP contribution >= 0.6 is 11.6 Å². The molecule has 1 aromatic heterocycles. The summed E-state index contributed by atoms with van der Waals surface area (Å²) < 4.78 is 4.98. The molecule has 0 aliphatic carbocycles. The van der Waals surface area contributed by atoms with Gasteiger partial charge in [-0.3, -0.25) is 9.59 Å². The minimum Gasteiger partial charge on any atom is -0.385 e. The molecule has 2 amide bonds. The SMILES string of the molecule is CCN(CC)c1ncc(Cl)c(C(=O)N2CCC(C(=O)NCCCOC)CC2)n1. The molecule has 0 saturated carbocycles. The van der Waals surface area contributed by atoms with Crippen LogP contribution in [0.5, 0.6) is 0 Å². The van der Waals surface area contributed by atoms with Gasteiger partial charge in [-0.2, -0.15) is 0 Å². The van der Waals surface area contributed by atoms with E-state index in [9.17, 15) is 9.59 Å². The quantitative estimate of drug-likeness (QED) is 0.625. The highest BCUT2D eigenvalue weighted by atomic mass is 35.5. The lowest BCUT2D eigenvalue weighted by Crippen LogP contribution is -2.43. The van der Waals surface area contributed by atoms with Crippen molar-refractivity contribution >= 4 is 29.4 Å². The molecule has 0 unspecified atom stereocenters. The zero-order chi connectivity index (χ0) is 20.5. The Hall–Kier alpha value is -1.93. The normalized spacial score (nSPS) is 14.8. The maximum Gasteiger partial charge on any atom is 0.274 e. The Kier molecular flexibility index (Phi) is 8.92. The van der Waals surface area contributed by atoms with E-state index in [1.807, 2.05) is 18.7 Å². The van der Waals surface area contributed by atoms with Crippen LogP contribution in [0.25, 0.3) is 0 Å². The summed E-state index contributed by atoms with van der Waals surface area (Å²) in [6.45, 7) is 7.76. The zero-order valence-electron chi connectivity index (χ0n) is 16.9. The number of hydrogen-bond donors (Lipinski definition) is 1. The summed E-state index contributed by atoms with van der Waals surface area (Å²) in [6, 6.07) is 0. The molecule has 1 saturated heterocycles. The van der Waals surface area contributed by atoms with Gasteiger partial charge in [0.15, 0.2) is 5.69 Å². The number of rotatable bonds is 9. The number of nitrogens with one attached hydrogen (secondary N) is 1. The Bertz CT molecular complexity index is 661. The van der Waals surface area contributed by atoms with Gasteiger partial charge in [-0.25, -0.2) is 9.97 Å². The average Bonchev–Trinajstić information content (AvgIpc) is 2.72. The Labute approximate surface area is 171 Å². The molecule has 0 radical (unpaired) electrons. The van der Waals surface area contributed by atoms with Crippen molar-refractivity contribution in [2.75, 3.05) is 51.3 Å². The molecule has 1 N–H and O–H groups in total. The molecule has 8 nitrogen and oxygen atoms in total. The first-order valence-electron chi connectivity index (χ1n) is 9.85. The smallest absolute Gasteiger partial charge is 0.274 e. The van der Waals surface area contributed by atoms with E-state index in [0.29, 0.717) is 45.0 Å². The van der Waals surface area contributed by atoms with Gasteiger partial charge in [-0.1, -0.05) is 11.6 Å². The Balaban J connectivity index is 1.94. The van der Waals surface area contributed by atoms with Crippen molar-refractivity contribution < 1.29 is 14.3 Å². The fourth-order valence-corrected chi connectivity index (χ4v) is 3.41. The van der Waals surface area contributed by atoms with Crippen molar-refractivity contribution in [1.29, 1.82) is 0 Å². The molecule has 0 spiro atoms. The second-order valence-corrected chi connectivity index (χ2v) is 7.15. The molecule has 28 heavy (non-hydrogen) atoms. The highest BCUT2D eigenvalue weighted by Gasteiger charge is 2.29. The standard InChI is InChI=1S/C19H30ClN5O3/c1-4-24(5-2)19-22-13-15(20)16(23-19)18(27)25-10-7-14(8-11-25)17(26)21-9-6-12-28-3/h13-14H,4-12H2,1-3H3,(H,21,26). The Morgan fingerprint density at radius 3 is 2.61 bits per heavy atom. The van der Waals surface area contributed by atoms with Crippen molar-refractivity contribution in [2.24, 2.45) is 5.92 Å². The van der Waals surface area contributed by atoms with Crippen LogP contribution in [0.1, 0.15) is 43.6 Å². The Morgan fingerprint density at radius 2 is 2.00 bits per heavy atom. The molecule has 0 atom stereocenters. The molecular formula is C19H30ClN5O3. The van der Waals surface area contributed by atoms with E-state index in [1.54, 1.807) is 12.0 Å². The summed E-state index contributed by atoms with van der Waals surface area (Å²) >= 11 is 6.20. The lowest BCUT2D eigenvalue weighted by molar-refractivity contribution is -0.126. The number of carbonyl (C=O) groups is 2. The van der Waals surface area contributed by atoms with Gasteiger partial charge < -0.3 is 19.9 Å². The highest BCUT2D eigenvalue weighted by Crippen LogP contribution is 2.22. The van der Waals surface area contributed by atoms with Gasteiger partial charge in [0.05, 0.1) is 11.2 Å². The van der Waals surface area contributed by atoms with E-state index >= 15 is 0 Å². The number of aromatic nitrogens is 2. The van der Waals surface area contributed by atoms with E-state index < -0.39 is 0 Å². The number of likely N-dealkylation sites (tertiary alicyclic amines) is 1. The summed E-state index contributed by atoms with van der Waals surface area (Å²) in [6.07, 6.45) is 3.54. The van der Waals surface area contributed by atoms with Crippen molar-refractivity contribution in [3.8, 4) is 0 Å². The Morgan fingerprint density at radius 1 is 1.32 bits per heavy atom. The first kappa shape index (κ1) is 22.4. The van der Waals surface area contributed by atoms with Gasteiger partial charge in [-0.15, -0.1) is 0 Å². The fourth-order valence-electron chi connectivity index (χ4n) is 3.23. The monoisotopic (exact) mass is 411 g/mol. The second kappa shape index (κ2) is 11.2. The number of hydrogen-bond acceptors (Lipinski definition) is 6. The van der Waals surface area contributed by atoms with Crippen LogP contribution in [0.3, 0.4) is 0 Å². The summed E-state index contributed by atoms with van der Waals surface area (Å²) in [5, 5.41) is 3.18. The van der Waals surface area contributed by atoms with Crippen molar-refractivity contribution in [3.05, 3.63) is 16.9 Å². The number of carbonyl (C=O) groups excluding carboxylic acids is 2. The number of nitrogens with zero attached hydrogens (tertiary/aromatic N) is 4. The molecule has 2 heterocycles. The lowest BCUT2D eigenvalue weighted by Gasteiger charge is -2.31. The minimum atomic E-state index is -0.209. The van der Waals surface area contributed by atoms with Crippen LogP contribution in [-0.4, -0.2) is 73.1 Å². The van der Waals surface area contributed by atoms with Crippen LogP contribution in [0, 0.1) is 5.92 Å². The largest absolute Gasteiger partial charge is 0.385 e. The van der Waals surface area contributed by atoms with Gasteiger partial charge >= 0.3 is 0 Å². The molecule has 1 aliphatic heterocycles. The van der Waals surface area contributed by atoms with Crippen molar-refractivity contribution in [2.45, 2.75) is 33.1 Å². The molecule has 1 fully saturated rings. The summed E-state index contributed by atoms with van der Waals surface area (Å²) in [4.78, 5) is 37.5. The second-order valence-electron chi connectivity index (χ2n) is 6.74. The van der Waals surface area contributed by atoms with Crippen LogP contribution in [0.2, 0.25) is 5.02 Å². The topological polar surface area (TPSA) is 87.7 Å². The third-order valence-electron chi connectivity index (χ3n) is 4.96. The molecule has 1 aliphatic rings. The molecule has 0 aromatic carbocycles. The lowest BCUT2D eigenvalue weighted by atomic mass is 9.95. The van der Waals surface area contributed by atoms with E-state index in [2.05, 4.69) is 15.3 Å². The number of piperidine rings is 1. The predicted octanol–water partition coefficient (Wildman–Crippen LogP) is 1.98. The van der Waals surface area contributed by atoms with Crippen LogP contribution in [-0.2, 0) is 9.53 Å². The maximum absolute atomic E-state index is 12.9. The number of ether oxygens (including phenoxy) is 1. The molecule has 1 aromatic rings. The fraction of sp³-hybridized carbons (Fsp3) is 0.684. The molecule has 2 rings (SSSR count). The first-order valence-corrected chi connectivity index (χ1v) is 10.2. The predicted molar refractivity (Wildman–Crippen MR) is 109 cm³/mol. The summed E-state index contributed by atoms with van der Waals surface area (Å²) in [5.74, 6) is 0.272. The number of amides is 2. The highest BCUT2D eigenvalue weighted by molar-refractivity contribution is 6.33. The van der Waals surface area contributed by atoms with E-state index in [0.717, 1.165) is 19.5 Å². The van der Waals surface area contributed by atoms with E-state index in [-0.39, 0.29) is 28.4 Å². The number of halogens is 1. The zero-order valence-corrected chi connectivity index (χ0v) is 17.7. The van der Waals surface area contributed by atoms with Crippen LogP contribution < -0.4 is 10.2 Å². The average molecular weight is 412 g/mol. The molecule has 9 heteroatoms. The molecule has 0 bridgehead atoms. The third-order valence-corrected chi connectivity index (χ3v) is 5.23. The van der Waals surface area contributed by atoms with Crippen molar-refractivity contribution in [1.82, 2.24) is 20.2 Å². The first-order chi connectivity index (χ1) is 13.5. The molecule has 156 valence electrons. The summed E-state index contributed by atoms with van der Waals surface area (Å²) in [5.41, 5.74) is 0.223.